The van der Waals surface area contributed by atoms with Crippen LogP contribution in [0, 0.1) is 18.3 Å². The molecule has 2 aromatic heterocycles. The predicted octanol–water partition coefficient (Wildman–Crippen LogP) is 2.00. The first-order valence-electron chi connectivity index (χ1n) is 14.0. The maximum absolute atomic E-state index is 12.7. The predicted molar refractivity (Wildman–Crippen MR) is 163 cm³/mol. The number of piperazine rings is 1. The first-order valence-corrected chi connectivity index (χ1v) is 15.5. The van der Waals surface area contributed by atoms with E-state index >= 15 is 0 Å². The fourth-order valence-corrected chi connectivity index (χ4v) is 6.70. The van der Waals surface area contributed by atoms with Crippen molar-refractivity contribution in [2.45, 2.75) is 31.8 Å². The molecule has 2 N–H and O–H groups in total. The van der Waals surface area contributed by atoms with E-state index in [2.05, 4.69) is 40.0 Å². The molecule has 0 aliphatic carbocycles. The lowest BCUT2D eigenvalue weighted by Crippen LogP contribution is -2.55. The van der Waals surface area contributed by atoms with Crippen LogP contribution in [0.4, 0.5) is 17.6 Å². The third-order valence-electron chi connectivity index (χ3n) is 7.95. The Kier molecular flexibility index (Phi) is 8.43. The average Bonchev–Trinajstić information content (AvgIpc) is 3.46. The number of amides is 1. The summed E-state index contributed by atoms with van der Waals surface area (Å²) in [4.78, 5) is 27.3. The summed E-state index contributed by atoms with van der Waals surface area (Å²) < 4.78 is 33.1. The number of likely N-dealkylation sites (N-methyl/N-ethyl adjacent to an activating group) is 1. The number of ether oxygens (including phenoxy) is 1. The summed E-state index contributed by atoms with van der Waals surface area (Å²) in [6.07, 6.45) is 2.07. The highest BCUT2D eigenvalue weighted by Gasteiger charge is 2.38. The Hall–Kier alpha value is -4.42. The molecule has 1 fully saturated rings. The number of carbonyl (C=O) groups is 1. The molecule has 14 nitrogen and oxygen atoms in total. The lowest BCUT2D eigenvalue weighted by atomic mass is 9.96. The van der Waals surface area contributed by atoms with Crippen LogP contribution >= 0.6 is 0 Å². The highest BCUT2D eigenvalue weighted by Crippen LogP contribution is 2.45. The number of H-pyrrole nitrogens is 1. The number of sulfonamides is 1. The number of fused-ring (bicyclic) bond motifs is 2. The third-order valence-corrected chi connectivity index (χ3v) is 9.50. The second kappa shape index (κ2) is 12.1. The Morgan fingerprint density at radius 1 is 1.30 bits per heavy atom. The summed E-state index contributed by atoms with van der Waals surface area (Å²) >= 11 is 0. The Labute approximate surface area is 251 Å². The minimum atomic E-state index is -3.72. The van der Waals surface area contributed by atoms with Gasteiger partial charge in [-0.05, 0) is 24.1 Å². The van der Waals surface area contributed by atoms with Gasteiger partial charge >= 0.3 is 0 Å². The van der Waals surface area contributed by atoms with Crippen molar-refractivity contribution < 1.29 is 17.9 Å². The van der Waals surface area contributed by atoms with E-state index in [0.29, 0.717) is 43.0 Å². The van der Waals surface area contributed by atoms with E-state index in [1.165, 1.54) is 9.21 Å². The van der Waals surface area contributed by atoms with Crippen LogP contribution in [0.5, 0.6) is 5.75 Å². The Morgan fingerprint density at radius 3 is 2.79 bits per heavy atom. The summed E-state index contributed by atoms with van der Waals surface area (Å²) in [5.74, 6) is 1.80. The van der Waals surface area contributed by atoms with Crippen molar-refractivity contribution in [2.75, 3.05) is 69.0 Å². The topological polar surface area (TPSA) is 164 Å². The van der Waals surface area contributed by atoms with Crippen molar-refractivity contribution in [1.29, 1.82) is 5.26 Å². The molecule has 15 heteroatoms. The van der Waals surface area contributed by atoms with E-state index in [4.69, 9.17) is 14.7 Å². The number of hydrogen-bond acceptors (Lipinski definition) is 11. The Bertz CT molecular complexity index is 1680. The molecule has 1 aromatic carbocycles. The van der Waals surface area contributed by atoms with Gasteiger partial charge in [0.2, 0.25) is 27.6 Å². The lowest BCUT2D eigenvalue weighted by molar-refractivity contribution is -0.128. The first kappa shape index (κ1) is 30.1. The molecule has 2 atom stereocenters. The minimum Gasteiger partial charge on any atom is -0.484 e. The number of rotatable bonds is 9. The number of aromatic nitrogens is 4. The average molecular weight is 609 g/mol. The van der Waals surface area contributed by atoms with Gasteiger partial charge in [0, 0.05) is 64.5 Å². The van der Waals surface area contributed by atoms with Crippen LogP contribution in [-0.4, -0.2) is 104 Å². The van der Waals surface area contributed by atoms with Crippen molar-refractivity contribution in [2.24, 2.45) is 0 Å². The van der Waals surface area contributed by atoms with E-state index in [1.807, 2.05) is 30.3 Å². The van der Waals surface area contributed by atoms with Crippen LogP contribution in [0.15, 0.2) is 30.3 Å². The number of aromatic amines is 1. The monoisotopic (exact) mass is 608 g/mol. The molecule has 1 unspecified atom stereocenters. The van der Waals surface area contributed by atoms with E-state index in [0.717, 1.165) is 27.4 Å². The van der Waals surface area contributed by atoms with Gasteiger partial charge in [0.25, 0.3) is 0 Å². The van der Waals surface area contributed by atoms with Gasteiger partial charge in [0.1, 0.15) is 6.61 Å². The normalized spacial score (nSPS) is 19.0. The van der Waals surface area contributed by atoms with E-state index in [9.17, 15) is 18.5 Å². The van der Waals surface area contributed by atoms with Crippen LogP contribution < -0.4 is 19.9 Å². The molecule has 0 radical (unpaired) electrons. The molecule has 1 saturated heterocycles. The summed E-state index contributed by atoms with van der Waals surface area (Å²) in [6, 6.07) is 5.38. The zero-order valence-electron chi connectivity index (χ0n) is 24.7. The van der Waals surface area contributed by atoms with E-state index in [1.54, 1.807) is 14.1 Å². The molecule has 0 saturated carbocycles. The SMILES string of the molecule is C=CS(=O)(=O)N1CCN(c2nc(NCCC(=O)N(C)C)nc3c2OCC(c2c(C)ccc4[nH]ncc24)N3C)C[C@@H]1CC#N. The highest BCUT2D eigenvalue weighted by atomic mass is 32.2. The molecule has 2 aliphatic rings. The maximum atomic E-state index is 12.7. The van der Waals surface area contributed by atoms with Gasteiger partial charge in [0.05, 0.1) is 36.3 Å². The number of aryl methyl sites for hydroxylation is 1. The molecule has 2 aliphatic heterocycles. The van der Waals surface area contributed by atoms with Gasteiger partial charge < -0.3 is 24.8 Å². The van der Waals surface area contributed by atoms with Gasteiger partial charge in [-0.15, -0.1) is 0 Å². The van der Waals surface area contributed by atoms with Crippen LogP contribution in [0.3, 0.4) is 0 Å². The molecule has 228 valence electrons. The van der Waals surface area contributed by atoms with Crippen molar-refractivity contribution in [3.05, 3.63) is 41.4 Å². The van der Waals surface area contributed by atoms with Crippen LogP contribution in [0.1, 0.15) is 30.0 Å². The van der Waals surface area contributed by atoms with E-state index in [-0.39, 0.29) is 37.9 Å². The second-order valence-electron chi connectivity index (χ2n) is 10.8. The number of carbonyl (C=O) groups excluding carboxylic acids is 1. The molecule has 4 heterocycles. The molecule has 5 rings (SSSR count). The second-order valence-corrected chi connectivity index (χ2v) is 12.7. The molecule has 43 heavy (non-hydrogen) atoms. The largest absolute Gasteiger partial charge is 0.484 e. The summed E-state index contributed by atoms with van der Waals surface area (Å²) in [6.45, 7) is 6.84. The van der Waals surface area contributed by atoms with Crippen molar-refractivity contribution in [3.8, 4) is 11.8 Å². The van der Waals surface area contributed by atoms with Crippen LogP contribution in [-0.2, 0) is 14.8 Å². The van der Waals surface area contributed by atoms with Gasteiger partial charge in [-0.3, -0.25) is 9.89 Å². The molecular formula is C28H36N10O4S. The van der Waals surface area contributed by atoms with E-state index < -0.39 is 16.1 Å². The van der Waals surface area contributed by atoms with Crippen molar-refractivity contribution in [1.82, 2.24) is 29.4 Å². The standard InChI is InChI=1S/C28H36N10O4S/c1-6-43(40,41)38-14-13-37(16-19(38)9-11-29)27-25-26(32-28(33-27)30-12-10-23(39)35(3)4)36(5)22(17-42-25)24-18(2)7-8-21-20(24)15-31-34-21/h6-8,15,19,22H,1,9-10,12-14,16-17H2,2-5H3,(H,31,34)(H,30,32,33)/t19-,22?/m0/s1. The smallest absolute Gasteiger partial charge is 0.236 e. The van der Waals surface area contributed by atoms with Gasteiger partial charge in [-0.25, -0.2) is 8.42 Å². The fourth-order valence-electron chi connectivity index (χ4n) is 5.62. The molecular weight excluding hydrogens is 572 g/mol. The zero-order valence-corrected chi connectivity index (χ0v) is 25.6. The summed E-state index contributed by atoms with van der Waals surface area (Å²) in [5, 5.41) is 21.9. The van der Waals surface area contributed by atoms with Gasteiger partial charge in [-0.2, -0.15) is 24.6 Å². The number of anilines is 3. The van der Waals surface area contributed by atoms with Crippen molar-refractivity contribution >= 4 is 44.4 Å². The fraction of sp³-hybridized carbons (Fsp3) is 0.464. The highest BCUT2D eigenvalue weighted by molar-refractivity contribution is 7.92. The number of nitrogens with zero attached hydrogens (tertiary/aromatic N) is 8. The zero-order chi connectivity index (χ0) is 30.9. The number of hydrogen-bond donors (Lipinski definition) is 2. The molecule has 3 aromatic rings. The third kappa shape index (κ3) is 5.80. The Balaban J connectivity index is 1.53. The Morgan fingerprint density at radius 2 is 2.07 bits per heavy atom. The van der Waals surface area contributed by atoms with Crippen molar-refractivity contribution in [3.63, 3.8) is 0 Å². The first-order chi connectivity index (χ1) is 20.6. The summed E-state index contributed by atoms with van der Waals surface area (Å²) in [7, 11) is 1.63. The quantitative estimate of drug-likeness (QED) is 0.365. The number of benzene rings is 1. The minimum absolute atomic E-state index is 0.00537. The maximum Gasteiger partial charge on any atom is 0.236 e. The number of nitriles is 1. The molecule has 0 spiro atoms. The van der Waals surface area contributed by atoms with Gasteiger partial charge in [-0.1, -0.05) is 12.6 Å². The molecule has 0 bridgehead atoms. The van der Waals surface area contributed by atoms with Crippen LogP contribution in [0.25, 0.3) is 10.9 Å². The van der Waals surface area contributed by atoms with Gasteiger partial charge in [0.15, 0.2) is 11.6 Å². The summed E-state index contributed by atoms with van der Waals surface area (Å²) in [5.41, 5.74) is 3.08. The lowest BCUT2D eigenvalue weighted by Gasteiger charge is -2.42. The number of nitrogens with one attached hydrogen (secondary N) is 2. The van der Waals surface area contributed by atoms with Crippen LogP contribution in [0.2, 0.25) is 0 Å². The molecule has 1 amide bonds.